The first kappa shape index (κ1) is 18.1. The lowest BCUT2D eigenvalue weighted by molar-refractivity contribution is 0.572. The number of fused-ring (bicyclic) bond motifs is 1. The second kappa shape index (κ2) is 7.79. The predicted octanol–water partition coefficient (Wildman–Crippen LogP) is 7.52. The molecule has 0 saturated carbocycles. The number of aromatic nitrogens is 1. The molecule has 0 aliphatic heterocycles. The zero-order valence-electron chi connectivity index (χ0n) is 13.6. The third kappa shape index (κ3) is 4.05. The number of thioether (sulfide) groups is 1. The van der Waals surface area contributed by atoms with Crippen molar-refractivity contribution in [3.05, 3.63) is 75.3 Å². The van der Waals surface area contributed by atoms with Gasteiger partial charge >= 0.3 is 0 Å². The number of rotatable bonds is 4. The van der Waals surface area contributed by atoms with E-state index in [0.29, 0.717) is 26.5 Å². The van der Waals surface area contributed by atoms with Crippen LogP contribution in [0.2, 0.25) is 10.0 Å². The van der Waals surface area contributed by atoms with Gasteiger partial charge < -0.3 is 4.42 Å². The smallest absolute Gasteiger partial charge is 0.156 e. The maximum atomic E-state index is 9.48. The average molecular weight is 429 g/mol. The number of benzene rings is 2. The lowest BCUT2D eigenvalue weighted by Crippen LogP contribution is -1.76. The minimum Gasteiger partial charge on any atom is -0.457 e. The van der Waals surface area contributed by atoms with Crippen LogP contribution in [-0.2, 0) is 0 Å². The molecule has 3 nitrogen and oxygen atoms in total. The molecule has 2 aromatic carbocycles. The van der Waals surface area contributed by atoms with Gasteiger partial charge in [-0.1, -0.05) is 35.3 Å². The van der Waals surface area contributed by atoms with E-state index >= 15 is 0 Å². The summed E-state index contributed by atoms with van der Waals surface area (Å²) < 4.78 is 7.74. The molecule has 2 aromatic heterocycles. The van der Waals surface area contributed by atoms with Crippen LogP contribution in [0, 0.1) is 11.3 Å². The lowest BCUT2D eigenvalue weighted by atomic mass is 10.2. The fraction of sp³-hybridized carbons (Fsp3) is 0. The largest absolute Gasteiger partial charge is 0.457 e. The van der Waals surface area contributed by atoms with Gasteiger partial charge in [-0.15, -0.1) is 11.3 Å². The number of nitrogens with zero attached hydrogens (tertiary/aromatic N) is 2. The van der Waals surface area contributed by atoms with Crippen molar-refractivity contribution >= 4 is 62.6 Å². The third-order valence-electron chi connectivity index (χ3n) is 3.68. The van der Waals surface area contributed by atoms with Crippen LogP contribution in [0.4, 0.5) is 0 Å². The minimum absolute atomic E-state index is 0.497. The molecule has 0 bridgehead atoms. The zero-order chi connectivity index (χ0) is 18.8. The molecule has 0 aliphatic rings. The van der Waals surface area contributed by atoms with E-state index in [1.165, 1.54) is 11.8 Å². The van der Waals surface area contributed by atoms with Crippen LogP contribution < -0.4 is 0 Å². The van der Waals surface area contributed by atoms with E-state index in [1.807, 2.05) is 30.3 Å². The molecule has 0 aliphatic carbocycles. The topological polar surface area (TPSA) is 49.8 Å². The van der Waals surface area contributed by atoms with Crippen LogP contribution in [0.5, 0.6) is 0 Å². The van der Waals surface area contributed by atoms with Crippen LogP contribution in [0.3, 0.4) is 0 Å². The fourth-order valence-corrected chi connectivity index (χ4v) is 4.92. The highest BCUT2D eigenvalue weighted by atomic mass is 35.5. The van der Waals surface area contributed by atoms with Crippen molar-refractivity contribution < 1.29 is 4.42 Å². The van der Waals surface area contributed by atoms with Crippen molar-refractivity contribution in [2.75, 3.05) is 0 Å². The van der Waals surface area contributed by atoms with Gasteiger partial charge in [0.25, 0.3) is 0 Å². The number of allylic oxidation sites excluding steroid dienone is 1. The summed E-state index contributed by atoms with van der Waals surface area (Å²) in [5.74, 6) is 1.19. The van der Waals surface area contributed by atoms with Gasteiger partial charge in [-0.2, -0.15) is 5.26 Å². The second-order valence-electron chi connectivity index (χ2n) is 5.50. The zero-order valence-corrected chi connectivity index (χ0v) is 16.8. The van der Waals surface area contributed by atoms with Crippen LogP contribution >= 0.6 is 46.3 Å². The molecule has 7 heteroatoms. The summed E-state index contributed by atoms with van der Waals surface area (Å²) in [6, 6.07) is 18.9. The van der Waals surface area contributed by atoms with Gasteiger partial charge in [0.05, 0.1) is 20.1 Å². The Morgan fingerprint density at radius 2 is 2.00 bits per heavy atom. The van der Waals surface area contributed by atoms with E-state index in [1.54, 1.807) is 41.7 Å². The lowest BCUT2D eigenvalue weighted by Gasteiger charge is -2.01. The maximum absolute atomic E-state index is 9.48. The van der Waals surface area contributed by atoms with Crippen LogP contribution in [0.25, 0.3) is 27.6 Å². The van der Waals surface area contributed by atoms with Crippen molar-refractivity contribution in [3.63, 3.8) is 0 Å². The first-order chi connectivity index (χ1) is 13.1. The number of nitriles is 1. The molecule has 0 atom stereocenters. The quantitative estimate of drug-likeness (QED) is 0.249. The summed E-state index contributed by atoms with van der Waals surface area (Å²) in [5.41, 5.74) is 1.68. The number of furan rings is 1. The number of hydrogen-bond donors (Lipinski definition) is 0. The average Bonchev–Trinajstić information content (AvgIpc) is 3.27. The highest BCUT2D eigenvalue weighted by Crippen LogP contribution is 2.36. The summed E-state index contributed by atoms with van der Waals surface area (Å²) in [7, 11) is 0. The first-order valence-corrected chi connectivity index (χ1v) is 10.2. The fourth-order valence-electron chi connectivity index (χ4n) is 2.47. The van der Waals surface area contributed by atoms with E-state index < -0.39 is 0 Å². The van der Waals surface area contributed by atoms with Gasteiger partial charge in [-0.05, 0) is 54.2 Å². The maximum Gasteiger partial charge on any atom is 0.156 e. The molecule has 0 fully saturated rings. The Labute approximate surface area is 173 Å². The molecule has 4 rings (SSSR count). The summed E-state index contributed by atoms with van der Waals surface area (Å²) in [6.45, 7) is 0. The molecule has 0 spiro atoms. The van der Waals surface area contributed by atoms with Crippen molar-refractivity contribution in [1.29, 1.82) is 5.26 Å². The molecule has 0 radical (unpaired) electrons. The standard InChI is InChI=1S/C20H10Cl2N2OS2/c21-12-5-7-15(16(22)9-12)18-8-6-13(25-18)10-14(11-23)26-20-24-17-3-1-2-4-19(17)27-20/h1-10H/b14-10+. The highest BCUT2D eigenvalue weighted by Gasteiger charge is 2.11. The summed E-state index contributed by atoms with van der Waals surface area (Å²) in [4.78, 5) is 5.04. The Balaban J connectivity index is 1.59. The van der Waals surface area contributed by atoms with Crippen LogP contribution in [0.15, 0.2) is 68.3 Å². The second-order valence-corrected chi connectivity index (χ2v) is 8.66. The normalized spacial score (nSPS) is 11.7. The van der Waals surface area contributed by atoms with Gasteiger partial charge in [0.15, 0.2) is 4.34 Å². The Morgan fingerprint density at radius 3 is 2.78 bits per heavy atom. The summed E-state index contributed by atoms with van der Waals surface area (Å²) >= 11 is 15.0. The van der Waals surface area contributed by atoms with Crippen molar-refractivity contribution in [1.82, 2.24) is 4.98 Å². The first-order valence-electron chi connectivity index (χ1n) is 7.83. The van der Waals surface area contributed by atoms with Gasteiger partial charge in [0.1, 0.15) is 17.6 Å². The molecule has 27 heavy (non-hydrogen) atoms. The Hall–Kier alpha value is -2.23. The number of hydrogen-bond acceptors (Lipinski definition) is 5. The molecule has 2 heterocycles. The third-order valence-corrected chi connectivity index (χ3v) is 6.25. The Kier molecular flexibility index (Phi) is 5.24. The Morgan fingerprint density at radius 1 is 1.15 bits per heavy atom. The summed E-state index contributed by atoms with van der Waals surface area (Å²) in [5, 5.41) is 10.6. The molecule has 0 saturated heterocycles. The molecule has 0 unspecified atom stereocenters. The van der Waals surface area contributed by atoms with Gasteiger partial charge in [0.2, 0.25) is 0 Å². The van der Waals surface area contributed by atoms with Crippen molar-refractivity contribution in [2.45, 2.75) is 4.34 Å². The summed E-state index contributed by atoms with van der Waals surface area (Å²) in [6.07, 6.45) is 1.70. The van der Waals surface area contributed by atoms with E-state index in [4.69, 9.17) is 27.6 Å². The number of halogens is 2. The molecule has 0 N–H and O–H groups in total. The molecular formula is C20H10Cl2N2OS2. The van der Waals surface area contributed by atoms with Gasteiger partial charge in [0, 0.05) is 16.7 Å². The number of thiazole rings is 1. The molecule has 132 valence electrons. The van der Waals surface area contributed by atoms with Gasteiger partial charge in [-0.3, -0.25) is 0 Å². The van der Waals surface area contributed by atoms with E-state index in [0.717, 1.165) is 20.1 Å². The van der Waals surface area contributed by atoms with Crippen LogP contribution in [0.1, 0.15) is 5.76 Å². The molecule has 4 aromatic rings. The SMILES string of the molecule is N#C/C(=C\c1ccc(-c2ccc(Cl)cc2Cl)o1)Sc1nc2ccccc2s1. The molecule has 0 amide bonds. The van der Waals surface area contributed by atoms with Crippen LogP contribution in [-0.4, -0.2) is 4.98 Å². The van der Waals surface area contributed by atoms with Crippen molar-refractivity contribution in [3.8, 4) is 17.4 Å². The highest BCUT2D eigenvalue weighted by molar-refractivity contribution is 8.05. The predicted molar refractivity (Wildman–Crippen MR) is 113 cm³/mol. The monoisotopic (exact) mass is 428 g/mol. The molecular weight excluding hydrogens is 419 g/mol. The Bertz CT molecular complexity index is 1170. The van der Waals surface area contributed by atoms with Crippen molar-refractivity contribution in [2.24, 2.45) is 0 Å². The number of para-hydroxylation sites is 1. The van der Waals surface area contributed by atoms with E-state index in [9.17, 15) is 5.26 Å². The van der Waals surface area contributed by atoms with Gasteiger partial charge in [-0.25, -0.2) is 4.98 Å². The van der Waals surface area contributed by atoms with E-state index in [-0.39, 0.29) is 0 Å². The minimum atomic E-state index is 0.497. The van der Waals surface area contributed by atoms with E-state index in [2.05, 4.69) is 11.1 Å².